The first-order valence-corrected chi connectivity index (χ1v) is 6.76. The van der Waals surface area contributed by atoms with E-state index >= 15 is 0 Å². The molecular formula is C16H17F2NO2. The van der Waals surface area contributed by atoms with Gasteiger partial charge in [-0.3, -0.25) is 4.79 Å². The quantitative estimate of drug-likeness (QED) is 0.861. The molecule has 0 spiro atoms. The van der Waals surface area contributed by atoms with Gasteiger partial charge in [0.2, 0.25) is 0 Å². The maximum Gasteiger partial charge on any atom is 0.319 e. The standard InChI is InChI=1S/C16H17F2NO2/c1-3-21-16(20)9-19-8-11-4-10(2)13-6-12(17)7-15(18)14(13)5-11/h4-7,19H,3,8-9H2,1-2H3. The minimum Gasteiger partial charge on any atom is -0.465 e. The Hall–Kier alpha value is -2.01. The molecule has 0 aromatic heterocycles. The van der Waals surface area contributed by atoms with E-state index in [1.54, 1.807) is 19.9 Å². The van der Waals surface area contributed by atoms with Crippen molar-refractivity contribution in [2.45, 2.75) is 20.4 Å². The van der Waals surface area contributed by atoms with Crippen LogP contribution in [0.4, 0.5) is 8.78 Å². The molecule has 2 aromatic carbocycles. The highest BCUT2D eigenvalue weighted by molar-refractivity contribution is 5.87. The first-order chi connectivity index (χ1) is 10.0. The average molecular weight is 293 g/mol. The summed E-state index contributed by atoms with van der Waals surface area (Å²) in [7, 11) is 0. The highest BCUT2D eigenvalue weighted by Gasteiger charge is 2.08. The highest BCUT2D eigenvalue weighted by Crippen LogP contribution is 2.24. The van der Waals surface area contributed by atoms with Gasteiger partial charge in [-0.1, -0.05) is 6.07 Å². The lowest BCUT2D eigenvalue weighted by molar-refractivity contribution is -0.142. The molecule has 0 radical (unpaired) electrons. The Morgan fingerprint density at radius 1 is 1.19 bits per heavy atom. The van der Waals surface area contributed by atoms with Crippen molar-refractivity contribution in [2.75, 3.05) is 13.2 Å². The molecule has 0 heterocycles. The fourth-order valence-electron chi connectivity index (χ4n) is 2.26. The van der Waals surface area contributed by atoms with Gasteiger partial charge in [-0.15, -0.1) is 0 Å². The van der Waals surface area contributed by atoms with Crippen molar-refractivity contribution in [3.63, 3.8) is 0 Å². The van der Waals surface area contributed by atoms with Gasteiger partial charge in [0.1, 0.15) is 11.6 Å². The molecule has 0 saturated carbocycles. The fraction of sp³-hybridized carbons (Fsp3) is 0.312. The molecule has 1 N–H and O–H groups in total. The van der Waals surface area contributed by atoms with E-state index in [4.69, 9.17) is 4.74 Å². The zero-order valence-corrected chi connectivity index (χ0v) is 12.0. The minimum atomic E-state index is -0.587. The summed E-state index contributed by atoms with van der Waals surface area (Å²) < 4.78 is 31.9. The van der Waals surface area contributed by atoms with Gasteiger partial charge in [0, 0.05) is 18.0 Å². The number of carbonyl (C=O) groups excluding carboxylic acids is 1. The number of halogens is 2. The van der Waals surface area contributed by atoms with Crippen LogP contribution in [0.5, 0.6) is 0 Å². The number of rotatable bonds is 5. The molecule has 0 saturated heterocycles. The molecular weight excluding hydrogens is 276 g/mol. The fourth-order valence-corrected chi connectivity index (χ4v) is 2.26. The van der Waals surface area contributed by atoms with Gasteiger partial charge in [0.15, 0.2) is 0 Å². The molecule has 0 atom stereocenters. The van der Waals surface area contributed by atoms with Crippen LogP contribution in [0.15, 0.2) is 24.3 Å². The highest BCUT2D eigenvalue weighted by atomic mass is 19.1. The van der Waals surface area contributed by atoms with Crippen molar-refractivity contribution in [3.8, 4) is 0 Å². The van der Waals surface area contributed by atoms with Crippen LogP contribution < -0.4 is 5.32 Å². The number of aryl methyl sites for hydroxylation is 1. The van der Waals surface area contributed by atoms with Crippen molar-refractivity contribution in [1.29, 1.82) is 0 Å². The predicted molar refractivity (Wildman–Crippen MR) is 76.9 cm³/mol. The number of ether oxygens (including phenoxy) is 1. The van der Waals surface area contributed by atoms with Crippen molar-refractivity contribution < 1.29 is 18.3 Å². The summed E-state index contributed by atoms with van der Waals surface area (Å²) in [4.78, 5) is 11.2. The third-order valence-corrected chi connectivity index (χ3v) is 3.15. The van der Waals surface area contributed by atoms with Crippen LogP contribution in [-0.4, -0.2) is 19.1 Å². The van der Waals surface area contributed by atoms with E-state index in [2.05, 4.69) is 5.32 Å². The molecule has 0 fully saturated rings. The van der Waals surface area contributed by atoms with Gasteiger partial charge in [0.25, 0.3) is 0 Å². The van der Waals surface area contributed by atoms with Gasteiger partial charge in [0.05, 0.1) is 13.2 Å². The SMILES string of the molecule is CCOC(=O)CNCc1cc(C)c2cc(F)cc(F)c2c1. The van der Waals surface area contributed by atoms with Gasteiger partial charge in [-0.2, -0.15) is 0 Å². The second-order valence-electron chi connectivity index (χ2n) is 4.80. The largest absolute Gasteiger partial charge is 0.465 e. The molecule has 0 amide bonds. The summed E-state index contributed by atoms with van der Waals surface area (Å²) in [5, 5.41) is 3.87. The second-order valence-corrected chi connectivity index (χ2v) is 4.80. The van der Waals surface area contributed by atoms with Crippen LogP contribution in [0.1, 0.15) is 18.1 Å². The van der Waals surface area contributed by atoms with Crippen LogP contribution in [0.25, 0.3) is 10.8 Å². The van der Waals surface area contributed by atoms with E-state index in [-0.39, 0.29) is 12.5 Å². The molecule has 0 aliphatic rings. The zero-order valence-electron chi connectivity index (χ0n) is 12.0. The molecule has 0 unspecified atom stereocenters. The summed E-state index contributed by atoms with van der Waals surface area (Å²) >= 11 is 0. The lowest BCUT2D eigenvalue weighted by Gasteiger charge is -2.09. The lowest BCUT2D eigenvalue weighted by atomic mass is 10.0. The summed E-state index contributed by atoms with van der Waals surface area (Å²) in [6.07, 6.45) is 0. The third-order valence-electron chi connectivity index (χ3n) is 3.15. The number of carbonyl (C=O) groups is 1. The molecule has 3 nitrogen and oxygen atoms in total. The number of hydrogen-bond donors (Lipinski definition) is 1. The Morgan fingerprint density at radius 3 is 2.67 bits per heavy atom. The molecule has 0 aliphatic heterocycles. The van der Waals surface area contributed by atoms with E-state index in [9.17, 15) is 13.6 Å². The summed E-state index contributed by atoms with van der Waals surface area (Å²) in [5.74, 6) is -1.50. The van der Waals surface area contributed by atoms with Crippen molar-refractivity contribution in [1.82, 2.24) is 5.32 Å². The van der Waals surface area contributed by atoms with E-state index in [1.165, 1.54) is 6.07 Å². The number of esters is 1. The number of hydrogen-bond acceptors (Lipinski definition) is 3. The Bertz CT molecular complexity index is 671. The number of nitrogens with one attached hydrogen (secondary N) is 1. The number of fused-ring (bicyclic) bond motifs is 1. The minimum absolute atomic E-state index is 0.0941. The Morgan fingerprint density at radius 2 is 1.95 bits per heavy atom. The maximum absolute atomic E-state index is 13.8. The monoisotopic (exact) mass is 293 g/mol. The van der Waals surface area contributed by atoms with E-state index < -0.39 is 11.6 Å². The van der Waals surface area contributed by atoms with Gasteiger partial charge < -0.3 is 10.1 Å². The zero-order chi connectivity index (χ0) is 15.4. The molecule has 5 heteroatoms. The summed E-state index contributed by atoms with van der Waals surface area (Å²) in [5.41, 5.74) is 1.62. The van der Waals surface area contributed by atoms with Crippen molar-refractivity contribution in [3.05, 3.63) is 47.0 Å². The topological polar surface area (TPSA) is 38.3 Å². The van der Waals surface area contributed by atoms with Gasteiger partial charge in [-0.05, 0) is 42.5 Å². The first-order valence-electron chi connectivity index (χ1n) is 6.76. The molecule has 0 bridgehead atoms. The van der Waals surface area contributed by atoms with Crippen LogP contribution in [0.3, 0.4) is 0 Å². The molecule has 2 aromatic rings. The van der Waals surface area contributed by atoms with E-state index in [0.717, 1.165) is 17.2 Å². The first kappa shape index (κ1) is 15.4. The molecule has 112 valence electrons. The van der Waals surface area contributed by atoms with Crippen LogP contribution in [-0.2, 0) is 16.1 Å². The van der Waals surface area contributed by atoms with Crippen LogP contribution >= 0.6 is 0 Å². The normalized spacial score (nSPS) is 10.9. The maximum atomic E-state index is 13.8. The molecule has 21 heavy (non-hydrogen) atoms. The van der Waals surface area contributed by atoms with E-state index in [0.29, 0.717) is 23.9 Å². The predicted octanol–water partition coefficient (Wildman–Crippen LogP) is 3.08. The van der Waals surface area contributed by atoms with E-state index in [1.807, 2.05) is 6.07 Å². The van der Waals surface area contributed by atoms with Gasteiger partial charge >= 0.3 is 5.97 Å². The Balaban J connectivity index is 2.17. The van der Waals surface area contributed by atoms with Crippen LogP contribution in [0, 0.1) is 18.6 Å². The Kier molecular flexibility index (Phi) is 4.85. The van der Waals surface area contributed by atoms with Gasteiger partial charge in [-0.25, -0.2) is 8.78 Å². The molecule has 2 rings (SSSR count). The second kappa shape index (κ2) is 6.63. The lowest BCUT2D eigenvalue weighted by Crippen LogP contribution is -2.24. The average Bonchev–Trinajstić information content (AvgIpc) is 2.40. The summed E-state index contributed by atoms with van der Waals surface area (Å²) in [6, 6.07) is 5.70. The van der Waals surface area contributed by atoms with Crippen molar-refractivity contribution in [2.24, 2.45) is 0 Å². The number of benzene rings is 2. The molecule has 0 aliphatic carbocycles. The Labute approximate surface area is 121 Å². The smallest absolute Gasteiger partial charge is 0.319 e. The summed E-state index contributed by atoms with van der Waals surface area (Å²) in [6.45, 7) is 4.39. The third kappa shape index (κ3) is 3.76. The van der Waals surface area contributed by atoms with Crippen molar-refractivity contribution >= 4 is 16.7 Å². The van der Waals surface area contributed by atoms with Crippen LogP contribution in [0.2, 0.25) is 0 Å².